The Kier molecular flexibility index (Phi) is 4.37. The molecule has 1 aromatic carbocycles. The van der Waals surface area contributed by atoms with E-state index in [1.165, 1.54) is 0 Å². The Morgan fingerprint density at radius 2 is 2.33 bits per heavy atom. The van der Waals surface area contributed by atoms with Gasteiger partial charge in [0, 0.05) is 24.0 Å². The molecule has 18 heavy (non-hydrogen) atoms. The van der Waals surface area contributed by atoms with Gasteiger partial charge in [-0.1, -0.05) is 6.07 Å². The number of amides is 1. The van der Waals surface area contributed by atoms with Crippen LogP contribution in [0.15, 0.2) is 22.7 Å². The van der Waals surface area contributed by atoms with Gasteiger partial charge in [-0.05, 0) is 40.5 Å². The van der Waals surface area contributed by atoms with Crippen LogP contribution >= 0.6 is 15.9 Å². The monoisotopic (exact) mass is 313 g/mol. The van der Waals surface area contributed by atoms with Gasteiger partial charge < -0.3 is 14.7 Å². The number of halogens is 1. The molecule has 1 atom stereocenters. The molecule has 1 saturated heterocycles. The van der Waals surface area contributed by atoms with Gasteiger partial charge in [-0.2, -0.15) is 0 Å². The van der Waals surface area contributed by atoms with Crippen LogP contribution in [0.4, 0.5) is 5.69 Å². The average molecular weight is 314 g/mol. The summed E-state index contributed by atoms with van der Waals surface area (Å²) in [5.74, 6) is -0.0835. The summed E-state index contributed by atoms with van der Waals surface area (Å²) in [6.45, 7) is 3.00. The summed E-state index contributed by atoms with van der Waals surface area (Å²) in [5, 5.41) is 8.92. The van der Waals surface area contributed by atoms with Gasteiger partial charge in [-0.25, -0.2) is 0 Å². The van der Waals surface area contributed by atoms with E-state index >= 15 is 0 Å². The molecule has 1 aliphatic rings. The predicted octanol–water partition coefficient (Wildman–Crippen LogP) is 1.87. The number of aryl methyl sites for hydroxylation is 1. The Bertz CT molecular complexity index is 448. The second kappa shape index (κ2) is 5.82. The van der Waals surface area contributed by atoms with Crippen molar-refractivity contribution in [2.75, 3.05) is 24.7 Å². The Morgan fingerprint density at radius 1 is 1.56 bits per heavy atom. The molecule has 0 aliphatic carbocycles. The molecule has 1 amide bonds. The Hall–Kier alpha value is -0.910. The number of carbonyl (C=O) groups is 1. The van der Waals surface area contributed by atoms with E-state index in [4.69, 9.17) is 9.84 Å². The second-order valence-electron chi connectivity index (χ2n) is 4.32. The van der Waals surface area contributed by atoms with Gasteiger partial charge >= 0.3 is 0 Å². The molecule has 98 valence electrons. The minimum atomic E-state index is -0.531. The summed E-state index contributed by atoms with van der Waals surface area (Å²) in [4.78, 5) is 13.9. The van der Waals surface area contributed by atoms with Crippen molar-refractivity contribution in [2.24, 2.45) is 0 Å². The summed E-state index contributed by atoms with van der Waals surface area (Å²) in [7, 11) is 0. The highest BCUT2D eigenvalue weighted by Crippen LogP contribution is 2.29. The third kappa shape index (κ3) is 2.74. The van der Waals surface area contributed by atoms with E-state index in [9.17, 15) is 4.79 Å². The number of hydrogen-bond donors (Lipinski definition) is 1. The van der Waals surface area contributed by atoms with Crippen molar-refractivity contribution in [3.8, 4) is 0 Å². The molecule has 4 nitrogen and oxygen atoms in total. The first-order chi connectivity index (χ1) is 8.63. The van der Waals surface area contributed by atoms with Crippen LogP contribution in [0.2, 0.25) is 0 Å². The predicted molar refractivity (Wildman–Crippen MR) is 72.7 cm³/mol. The number of benzene rings is 1. The standard InChI is InChI=1S/C13H16BrNO3/c1-9-2-3-11(10(14)8-9)15-5-7-18-12(4-6-16)13(15)17/h2-3,8,12,16H,4-7H2,1H3. The Morgan fingerprint density at radius 3 is 3.00 bits per heavy atom. The van der Waals surface area contributed by atoms with Crippen LogP contribution in [0, 0.1) is 6.92 Å². The van der Waals surface area contributed by atoms with Crippen molar-refractivity contribution >= 4 is 27.5 Å². The van der Waals surface area contributed by atoms with Gasteiger partial charge in [0.2, 0.25) is 0 Å². The van der Waals surface area contributed by atoms with Gasteiger partial charge in [-0.3, -0.25) is 4.79 Å². The van der Waals surface area contributed by atoms with Crippen molar-refractivity contribution in [1.29, 1.82) is 0 Å². The van der Waals surface area contributed by atoms with Crippen molar-refractivity contribution < 1.29 is 14.6 Å². The molecular weight excluding hydrogens is 298 g/mol. The number of carbonyl (C=O) groups excluding carboxylic acids is 1. The maximum Gasteiger partial charge on any atom is 0.256 e. The van der Waals surface area contributed by atoms with Crippen LogP contribution in [-0.2, 0) is 9.53 Å². The number of nitrogens with zero attached hydrogens (tertiary/aromatic N) is 1. The van der Waals surface area contributed by atoms with Crippen LogP contribution in [0.1, 0.15) is 12.0 Å². The summed E-state index contributed by atoms with van der Waals surface area (Å²) >= 11 is 3.48. The third-order valence-electron chi connectivity index (χ3n) is 2.96. The first-order valence-electron chi connectivity index (χ1n) is 5.93. The first-order valence-corrected chi connectivity index (χ1v) is 6.73. The van der Waals surface area contributed by atoms with Gasteiger partial charge in [-0.15, -0.1) is 0 Å². The highest BCUT2D eigenvalue weighted by molar-refractivity contribution is 9.10. The molecule has 0 aromatic heterocycles. The number of aliphatic hydroxyl groups is 1. The molecule has 1 unspecified atom stereocenters. The molecule has 1 heterocycles. The zero-order valence-corrected chi connectivity index (χ0v) is 11.8. The third-order valence-corrected chi connectivity index (χ3v) is 3.60. The minimum Gasteiger partial charge on any atom is -0.396 e. The molecular formula is C13H16BrNO3. The van der Waals surface area contributed by atoms with Gasteiger partial charge in [0.25, 0.3) is 5.91 Å². The average Bonchev–Trinajstić information content (AvgIpc) is 2.33. The number of rotatable bonds is 3. The van der Waals surface area contributed by atoms with Gasteiger partial charge in [0.05, 0.1) is 12.3 Å². The molecule has 1 fully saturated rings. The minimum absolute atomic E-state index is 0.0423. The topological polar surface area (TPSA) is 49.8 Å². The van der Waals surface area contributed by atoms with E-state index in [1.54, 1.807) is 4.90 Å². The van der Waals surface area contributed by atoms with Crippen LogP contribution in [0.5, 0.6) is 0 Å². The lowest BCUT2D eigenvalue weighted by Gasteiger charge is -2.32. The highest BCUT2D eigenvalue weighted by Gasteiger charge is 2.30. The van der Waals surface area contributed by atoms with Crippen molar-refractivity contribution in [3.63, 3.8) is 0 Å². The SMILES string of the molecule is Cc1ccc(N2CCOC(CCO)C2=O)c(Br)c1. The van der Waals surface area contributed by atoms with Gasteiger partial charge in [0.15, 0.2) is 0 Å². The molecule has 0 radical (unpaired) electrons. The summed E-state index contributed by atoms with van der Waals surface area (Å²) in [5.41, 5.74) is 2.00. The largest absolute Gasteiger partial charge is 0.396 e. The summed E-state index contributed by atoms with van der Waals surface area (Å²) in [6.07, 6.45) is -0.185. The summed E-state index contributed by atoms with van der Waals surface area (Å²) < 4.78 is 6.28. The molecule has 0 saturated carbocycles. The fourth-order valence-corrected chi connectivity index (χ4v) is 2.74. The van der Waals surface area contributed by atoms with E-state index in [0.717, 1.165) is 15.7 Å². The normalized spacial score (nSPS) is 20.3. The van der Waals surface area contributed by atoms with Crippen molar-refractivity contribution in [3.05, 3.63) is 28.2 Å². The zero-order valence-electron chi connectivity index (χ0n) is 10.2. The second-order valence-corrected chi connectivity index (χ2v) is 5.17. The smallest absolute Gasteiger partial charge is 0.256 e. The molecule has 2 rings (SSSR count). The van der Waals surface area contributed by atoms with E-state index in [2.05, 4.69) is 15.9 Å². The molecule has 1 aromatic rings. The molecule has 1 aliphatic heterocycles. The van der Waals surface area contributed by atoms with E-state index in [0.29, 0.717) is 19.6 Å². The molecule has 0 spiro atoms. The lowest BCUT2D eigenvalue weighted by Crippen LogP contribution is -2.48. The lowest BCUT2D eigenvalue weighted by atomic mass is 10.1. The van der Waals surface area contributed by atoms with Gasteiger partial charge in [0.1, 0.15) is 6.10 Å². The fraction of sp³-hybridized carbons (Fsp3) is 0.462. The molecule has 0 bridgehead atoms. The lowest BCUT2D eigenvalue weighted by molar-refractivity contribution is -0.134. The van der Waals surface area contributed by atoms with E-state index < -0.39 is 6.10 Å². The maximum atomic E-state index is 12.2. The summed E-state index contributed by atoms with van der Waals surface area (Å²) in [6, 6.07) is 5.89. The quantitative estimate of drug-likeness (QED) is 0.927. The van der Waals surface area contributed by atoms with E-state index in [-0.39, 0.29) is 12.5 Å². The maximum absolute atomic E-state index is 12.2. The number of morpholine rings is 1. The van der Waals surface area contributed by atoms with Crippen molar-refractivity contribution in [1.82, 2.24) is 0 Å². The van der Waals surface area contributed by atoms with Crippen LogP contribution in [-0.4, -0.2) is 36.9 Å². The first kappa shape index (κ1) is 13.5. The number of aliphatic hydroxyl groups excluding tert-OH is 1. The van der Waals surface area contributed by atoms with Crippen LogP contribution in [0.3, 0.4) is 0 Å². The fourth-order valence-electron chi connectivity index (χ4n) is 2.04. The molecule has 5 heteroatoms. The van der Waals surface area contributed by atoms with E-state index in [1.807, 2.05) is 25.1 Å². The highest BCUT2D eigenvalue weighted by atomic mass is 79.9. The number of hydrogen-bond acceptors (Lipinski definition) is 3. The Labute approximate surface area is 115 Å². The Balaban J connectivity index is 2.24. The zero-order chi connectivity index (χ0) is 13.1. The number of ether oxygens (including phenoxy) is 1. The van der Waals surface area contributed by atoms with Crippen LogP contribution in [0.25, 0.3) is 0 Å². The van der Waals surface area contributed by atoms with Crippen molar-refractivity contribution in [2.45, 2.75) is 19.4 Å². The van der Waals surface area contributed by atoms with Crippen LogP contribution < -0.4 is 4.90 Å². The molecule has 1 N–H and O–H groups in total. The number of anilines is 1.